The van der Waals surface area contributed by atoms with Crippen LogP contribution in [0, 0.1) is 6.92 Å². The Balaban J connectivity index is 1.68. The summed E-state index contributed by atoms with van der Waals surface area (Å²) in [6.07, 6.45) is 4.64. The fourth-order valence-corrected chi connectivity index (χ4v) is 2.66. The van der Waals surface area contributed by atoms with Crippen LogP contribution in [0.15, 0.2) is 29.4 Å². The molecule has 0 heterocycles. The molecule has 0 bridgehead atoms. The van der Waals surface area contributed by atoms with E-state index < -0.39 is 0 Å². The molecule has 0 aromatic heterocycles. The number of hydrazone groups is 1. The van der Waals surface area contributed by atoms with Crippen molar-refractivity contribution in [2.45, 2.75) is 52.0 Å². The van der Waals surface area contributed by atoms with Gasteiger partial charge in [0.25, 0.3) is 5.91 Å². The molecule has 24 heavy (non-hydrogen) atoms. The molecule has 0 saturated heterocycles. The van der Waals surface area contributed by atoms with Crippen molar-refractivity contribution in [1.82, 2.24) is 10.7 Å². The molecule has 0 unspecified atom stereocenters. The van der Waals surface area contributed by atoms with E-state index in [0.717, 1.165) is 18.4 Å². The molecule has 0 atom stereocenters. The molecular weight excluding hydrogens is 306 g/mol. The highest BCUT2D eigenvalue weighted by atomic mass is 16.5. The van der Waals surface area contributed by atoms with E-state index in [1.807, 2.05) is 25.1 Å². The van der Waals surface area contributed by atoms with Crippen LogP contribution in [-0.4, -0.2) is 30.2 Å². The molecule has 2 rings (SSSR count). The van der Waals surface area contributed by atoms with Gasteiger partial charge in [-0.1, -0.05) is 25.0 Å². The maximum absolute atomic E-state index is 11.9. The first-order valence-corrected chi connectivity index (χ1v) is 8.34. The molecule has 2 N–H and O–H groups in total. The fourth-order valence-electron chi connectivity index (χ4n) is 2.66. The first kappa shape index (κ1) is 18.0. The van der Waals surface area contributed by atoms with Gasteiger partial charge < -0.3 is 10.1 Å². The lowest BCUT2D eigenvalue weighted by Crippen LogP contribution is -2.34. The normalized spacial score (nSPS) is 15.2. The van der Waals surface area contributed by atoms with Gasteiger partial charge in [-0.3, -0.25) is 9.59 Å². The van der Waals surface area contributed by atoms with Crippen molar-refractivity contribution in [2.24, 2.45) is 5.10 Å². The van der Waals surface area contributed by atoms with Crippen molar-refractivity contribution in [3.63, 3.8) is 0 Å². The third kappa shape index (κ3) is 6.40. The SMILES string of the molecule is C/C(CC(=O)NC1CCCC1)=N\NC(=O)COc1cccc(C)c1. The molecule has 1 aliphatic carbocycles. The van der Waals surface area contributed by atoms with Gasteiger partial charge in [0.05, 0.1) is 6.42 Å². The number of aryl methyl sites for hydroxylation is 1. The maximum atomic E-state index is 11.9. The fraction of sp³-hybridized carbons (Fsp3) is 0.500. The minimum Gasteiger partial charge on any atom is -0.484 e. The Morgan fingerprint density at radius 2 is 2.00 bits per heavy atom. The summed E-state index contributed by atoms with van der Waals surface area (Å²) in [6, 6.07) is 7.77. The second-order valence-corrected chi connectivity index (χ2v) is 6.21. The predicted octanol–water partition coefficient (Wildman–Crippen LogP) is 2.31. The summed E-state index contributed by atoms with van der Waals surface area (Å²) in [5.41, 5.74) is 4.04. The van der Waals surface area contributed by atoms with Crippen LogP contribution in [0.25, 0.3) is 0 Å². The lowest BCUT2D eigenvalue weighted by atomic mass is 10.2. The van der Waals surface area contributed by atoms with Crippen LogP contribution in [0.5, 0.6) is 5.75 Å². The van der Waals surface area contributed by atoms with Crippen LogP contribution >= 0.6 is 0 Å². The molecule has 1 aromatic carbocycles. The number of carbonyl (C=O) groups is 2. The van der Waals surface area contributed by atoms with Gasteiger partial charge in [-0.15, -0.1) is 0 Å². The quantitative estimate of drug-likeness (QED) is 0.594. The number of rotatable bonds is 7. The van der Waals surface area contributed by atoms with Crippen molar-refractivity contribution in [3.8, 4) is 5.75 Å². The number of ether oxygens (including phenoxy) is 1. The van der Waals surface area contributed by atoms with Crippen molar-refractivity contribution >= 4 is 17.5 Å². The number of carbonyl (C=O) groups excluding carboxylic acids is 2. The molecule has 1 fully saturated rings. The molecule has 1 saturated carbocycles. The summed E-state index contributed by atoms with van der Waals surface area (Å²) in [5.74, 6) is 0.238. The first-order chi connectivity index (χ1) is 11.5. The van der Waals surface area contributed by atoms with Gasteiger partial charge in [0.15, 0.2) is 6.61 Å². The molecule has 0 aliphatic heterocycles. The average Bonchev–Trinajstić information content (AvgIpc) is 3.03. The summed E-state index contributed by atoms with van der Waals surface area (Å²) >= 11 is 0. The molecule has 0 radical (unpaired) electrons. The lowest BCUT2D eigenvalue weighted by Gasteiger charge is -2.11. The standard InChI is InChI=1S/C18H25N3O3/c1-13-6-5-9-16(10-13)24-12-18(23)21-20-14(2)11-17(22)19-15-7-3-4-8-15/h5-6,9-10,15H,3-4,7-8,11-12H2,1-2H3,(H,19,22)(H,21,23)/b20-14+. The van der Waals surface area contributed by atoms with Gasteiger partial charge in [0, 0.05) is 11.8 Å². The van der Waals surface area contributed by atoms with Gasteiger partial charge in [-0.2, -0.15) is 5.10 Å². The number of nitrogens with one attached hydrogen (secondary N) is 2. The van der Waals surface area contributed by atoms with Gasteiger partial charge in [-0.05, 0) is 44.4 Å². The molecule has 1 aliphatic rings. The van der Waals surface area contributed by atoms with Crippen LogP contribution < -0.4 is 15.5 Å². The lowest BCUT2D eigenvalue weighted by molar-refractivity contribution is -0.123. The van der Waals surface area contributed by atoms with Crippen molar-refractivity contribution in [1.29, 1.82) is 0 Å². The summed E-state index contributed by atoms with van der Waals surface area (Å²) in [5, 5.41) is 6.94. The van der Waals surface area contributed by atoms with E-state index in [-0.39, 0.29) is 24.8 Å². The van der Waals surface area contributed by atoms with E-state index in [0.29, 0.717) is 17.5 Å². The second kappa shape index (κ2) is 9.05. The van der Waals surface area contributed by atoms with Crippen molar-refractivity contribution in [3.05, 3.63) is 29.8 Å². The third-order valence-electron chi connectivity index (χ3n) is 3.87. The summed E-state index contributed by atoms with van der Waals surface area (Å²) in [7, 11) is 0. The third-order valence-corrected chi connectivity index (χ3v) is 3.87. The number of hydrogen-bond acceptors (Lipinski definition) is 4. The number of amides is 2. The van der Waals surface area contributed by atoms with Crippen LogP contribution in [-0.2, 0) is 9.59 Å². The van der Waals surface area contributed by atoms with Crippen LogP contribution in [0.3, 0.4) is 0 Å². The Kier molecular flexibility index (Phi) is 6.78. The zero-order chi connectivity index (χ0) is 17.4. The van der Waals surface area contributed by atoms with Gasteiger partial charge in [0.1, 0.15) is 5.75 Å². The molecule has 130 valence electrons. The van der Waals surface area contributed by atoms with Gasteiger partial charge in [0.2, 0.25) is 5.91 Å². The molecule has 1 aromatic rings. The summed E-state index contributed by atoms with van der Waals surface area (Å²) in [4.78, 5) is 23.6. The molecule has 6 heteroatoms. The largest absolute Gasteiger partial charge is 0.484 e. The maximum Gasteiger partial charge on any atom is 0.277 e. The Morgan fingerprint density at radius 1 is 1.25 bits per heavy atom. The van der Waals surface area contributed by atoms with E-state index in [1.54, 1.807) is 13.0 Å². The van der Waals surface area contributed by atoms with Crippen LogP contribution in [0.1, 0.15) is 44.6 Å². The summed E-state index contributed by atoms with van der Waals surface area (Å²) < 4.78 is 5.39. The predicted molar refractivity (Wildman–Crippen MR) is 92.9 cm³/mol. The second-order valence-electron chi connectivity index (χ2n) is 6.21. The molecular formula is C18H25N3O3. The monoisotopic (exact) mass is 331 g/mol. The summed E-state index contributed by atoms with van der Waals surface area (Å²) in [6.45, 7) is 3.56. The van der Waals surface area contributed by atoms with Gasteiger partial charge >= 0.3 is 0 Å². The zero-order valence-electron chi connectivity index (χ0n) is 14.3. The molecule has 6 nitrogen and oxygen atoms in total. The van der Waals surface area contributed by atoms with Crippen LogP contribution in [0.2, 0.25) is 0 Å². The Labute approximate surface area is 142 Å². The van der Waals surface area contributed by atoms with E-state index in [9.17, 15) is 9.59 Å². The van der Waals surface area contributed by atoms with Gasteiger partial charge in [-0.25, -0.2) is 5.43 Å². The smallest absolute Gasteiger partial charge is 0.277 e. The zero-order valence-corrected chi connectivity index (χ0v) is 14.3. The minimum atomic E-state index is -0.355. The Bertz CT molecular complexity index is 607. The highest BCUT2D eigenvalue weighted by Crippen LogP contribution is 2.17. The average molecular weight is 331 g/mol. The van der Waals surface area contributed by atoms with Crippen molar-refractivity contribution in [2.75, 3.05) is 6.61 Å². The van der Waals surface area contributed by atoms with E-state index in [4.69, 9.17) is 4.74 Å². The number of nitrogens with zero attached hydrogens (tertiary/aromatic N) is 1. The van der Waals surface area contributed by atoms with Crippen LogP contribution in [0.4, 0.5) is 0 Å². The number of benzene rings is 1. The highest BCUT2D eigenvalue weighted by molar-refractivity contribution is 6.00. The van der Waals surface area contributed by atoms with E-state index >= 15 is 0 Å². The number of hydrogen-bond donors (Lipinski definition) is 2. The highest BCUT2D eigenvalue weighted by Gasteiger charge is 2.17. The van der Waals surface area contributed by atoms with Crippen molar-refractivity contribution < 1.29 is 14.3 Å². The molecule has 0 spiro atoms. The first-order valence-electron chi connectivity index (χ1n) is 8.34. The Hall–Kier alpha value is -2.37. The minimum absolute atomic E-state index is 0.0478. The molecule has 2 amide bonds. The van der Waals surface area contributed by atoms with E-state index in [1.165, 1.54) is 12.8 Å². The topological polar surface area (TPSA) is 79.8 Å². The Morgan fingerprint density at radius 3 is 2.71 bits per heavy atom. The van der Waals surface area contributed by atoms with E-state index in [2.05, 4.69) is 15.8 Å².